The van der Waals surface area contributed by atoms with E-state index in [1.807, 2.05) is 30.0 Å². The Bertz CT molecular complexity index is 577. The molecule has 3 unspecified atom stereocenters. The van der Waals surface area contributed by atoms with Gasteiger partial charge in [0.05, 0.1) is 5.92 Å². The minimum atomic E-state index is -0.334. The summed E-state index contributed by atoms with van der Waals surface area (Å²) in [5.74, 6) is 0.290. The van der Waals surface area contributed by atoms with Crippen molar-refractivity contribution < 1.29 is 9.59 Å². The zero-order chi connectivity index (χ0) is 14.3. The van der Waals surface area contributed by atoms with Crippen LogP contribution in [0.25, 0.3) is 0 Å². The first-order valence-electron chi connectivity index (χ1n) is 6.74. The van der Waals surface area contributed by atoms with Crippen molar-refractivity contribution in [2.45, 2.75) is 30.9 Å². The lowest BCUT2D eigenvalue weighted by atomic mass is 9.64. The molecule has 1 aromatic rings. The predicted octanol–water partition coefficient (Wildman–Crippen LogP) is 2.98. The molecule has 0 bridgehead atoms. The van der Waals surface area contributed by atoms with Gasteiger partial charge >= 0.3 is 0 Å². The third kappa shape index (κ3) is 2.06. The molecule has 3 nitrogen and oxygen atoms in total. The lowest BCUT2D eigenvalue weighted by molar-refractivity contribution is -0.140. The number of halogens is 1. The van der Waals surface area contributed by atoms with Crippen molar-refractivity contribution in [1.29, 1.82) is 0 Å². The van der Waals surface area contributed by atoms with Gasteiger partial charge < -0.3 is 0 Å². The first-order valence-corrected chi connectivity index (χ1v) is 8.17. The average molecular weight is 310 g/mol. The smallest absolute Gasteiger partial charge is 0.234 e. The Hall–Kier alpha value is -1.00. The highest BCUT2D eigenvalue weighted by Gasteiger charge is 2.55. The summed E-state index contributed by atoms with van der Waals surface area (Å²) in [5, 5.41) is 3.36. The van der Waals surface area contributed by atoms with Crippen molar-refractivity contribution in [1.82, 2.24) is 5.32 Å². The van der Waals surface area contributed by atoms with E-state index in [1.165, 1.54) is 0 Å². The van der Waals surface area contributed by atoms with E-state index in [0.29, 0.717) is 11.4 Å². The van der Waals surface area contributed by atoms with E-state index >= 15 is 0 Å². The summed E-state index contributed by atoms with van der Waals surface area (Å²) in [5.41, 5.74) is 0.545. The number of imide groups is 1. The quantitative estimate of drug-likeness (QED) is 0.811. The molecule has 1 N–H and O–H groups in total. The summed E-state index contributed by atoms with van der Waals surface area (Å²) < 4.78 is 0. The van der Waals surface area contributed by atoms with Gasteiger partial charge in [-0.05, 0) is 23.8 Å². The number of carbonyl (C=O) groups excluding carboxylic acids is 2. The van der Waals surface area contributed by atoms with Gasteiger partial charge in [0.25, 0.3) is 0 Å². The van der Waals surface area contributed by atoms with E-state index in [2.05, 4.69) is 12.2 Å². The molecule has 3 atom stereocenters. The Labute approximate surface area is 127 Å². The molecule has 20 heavy (non-hydrogen) atoms. The number of carbonyl (C=O) groups is 2. The van der Waals surface area contributed by atoms with Crippen LogP contribution in [0.2, 0.25) is 5.02 Å². The Morgan fingerprint density at radius 1 is 1.35 bits per heavy atom. The van der Waals surface area contributed by atoms with Gasteiger partial charge in [-0.1, -0.05) is 36.7 Å². The Balaban J connectivity index is 2.12. The largest absolute Gasteiger partial charge is 0.296 e. The van der Waals surface area contributed by atoms with Crippen molar-refractivity contribution in [2.75, 3.05) is 5.75 Å². The maximum Gasteiger partial charge on any atom is 0.234 e. The standard InChI is InChI=1S/C15H16ClNO2S/c1-9-15(6-7-20-9)8-12(18)17-14(19)13(15)10-4-2-3-5-11(10)16/h2-5,9,13H,6-8H2,1H3,(H,17,18,19). The summed E-state index contributed by atoms with van der Waals surface area (Å²) in [4.78, 5) is 24.3. The fourth-order valence-electron chi connectivity index (χ4n) is 3.48. The van der Waals surface area contributed by atoms with Crippen molar-refractivity contribution in [3.8, 4) is 0 Å². The Morgan fingerprint density at radius 3 is 2.75 bits per heavy atom. The Morgan fingerprint density at radius 2 is 2.10 bits per heavy atom. The minimum Gasteiger partial charge on any atom is -0.296 e. The van der Waals surface area contributed by atoms with Gasteiger partial charge in [0, 0.05) is 22.1 Å². The molecule has 2 amide bonds. The molecule has 2 fully saturated rings. The third-order valence-corrected chi connectivity index (χ3v) is 6.30. The lowest BCUT2D eigenvalue weighted by Gasteiger charge is -2.42. The molecule has 0 saturated carbocycles. The molecule has 0 aliphatic carbocycles. The predicted molar refractivity (Wildman–Crippen MR) is 80.9 cm³/mol. The summed E-state index contributed by atoms with van der Waals surface area (Å²) >= 11 is 8.13. The van der Waals surface area contributed by atoms with Gasteiger partial charge in [-0.15, -0.1) is 0 Å². The van der Waals surface area contributed by atoms with Gasteiger partial charge in [0.15, 0.2) is 0 Å². The number of hydrogen-bond donors (Lipinski definition) is 1. The highest BCUT2D eigenvalue weighted by molar-refractivity contribution is 8.00. The minimum absolute atomic E-state index is 0.160. The van der Waals surface area contributed by atoms with Crippen LogP contribution in [0.1, 0.15) is 31.2 Å². The Kier molecular flexibility index (Phi) is 3.55. The molecule has 0 aromatic heterocycles. The maximum absolute atomic E-state index is 12.5. The lowest BCUT2D eigenvalue weighted by Crippen LogP contribution is -2.53. The van der Waals surface area contributed by atoms with Crippen LogP contribution < -0.4 is 5.32 Å². The van der Waals surface area contributed by atoms with Gasteiger partial charge in [-0.25, -0.2) is 0 Å². The second-order valence-corrected chi connectivity index (χ2v) is 7.40. The van der Waals surface area contributed by atoms with Gasteiger partial charge in [-0.3, -0.25) is 14.9 Å². The van der Waals surface area contributed by atoms with Crippen molar-refractivity contribution in [3.05, 3.63) is 34.9 Å². The van der Waals surface area contributed by atoms with Crippen LogP contribution in [-0.4, -0.2) is 22.8 Å². The highest BCUT2D eigenvalue weighted by Crippen LogP contribution is 2.56. The topological polar surface area (TPSA) is 46.2 Å². The number of amides is 2. The molecule has 1 spiro atoms. The first-order chi connectivity index (χ1) is 9.54. The van der Waals surface area contributed by atoms with Crippen LogP contribution in [-0.2, 0) is 9.59 Å². The summed E-state index contributed by atoms with van der Waals surface area (Å²) in [6.45, 7) is 2.12. The molecule has 106 valence electrons. The molecule has 2 aliphatic rings. The molecule has 0 radical (unpaired) electrons. The number of thioether (sulfide) groups is 1. The molecule has 2 aliphatic heterocycles. The second-order valence-electron chi connectivity index (χ2n) is 5.54. The molecule has 1 aromatic carbocycles. The van der Waals surface area contributed by atoms with Crippen LogP contribution >= 0.6 is 23.4 Å². The van der Waals surface area contributed by atoms with Crippen molar-refractivity contribution in [2.24, 2.45) is 5.41 Å². The van der Waals surface area contributed by atoms with E-state index < -0.39 is 0 Å². The fraction of sp³-hybridized carbons (Fsp3) is 0.467. The number of rotatable bonds is 1. The fourth-order valence-corrected chi connectivity index (χ4v) is 5.25. The molecule has 2 heterocycles. The van der Waals surface area contributed by atoms with E-state index in [-0.39, 0.29) is 28.4 Å². The zero-order valence-electron chi connectivity index (χ0n) is 11.2. The summed E-state index contributed by atoms with van der Waals surface area (Å²) in [7, 11) is 0. The van der Waals surface area contributed by atoms with Crippen LogP contribution in [0.15, 0.2) is 24.3 Å². The van der Waals surface area contributed by atoms with E-state index in [9.17, 15) is 9.59 Å². The van der Waals surface area contributed by atoms with Crippen LogP contribution in [0, 0.1) is 5.41 Å². The number of hydrogen-bond acceptors (Lipinski definition) is 3. The van der Waals surface area contributed by atoms with Gasteiger partial charge in [0.2, 0.25) is 11.8 Å². The number of nitrogens with one attached hydrogen (secondary N) is 1. The van der Waals surface area contributed by atoms with Crippen LogP contribution in [0.3, 0.4) is 0 Å². The maximum atomic E-state index is 12.5. The molecule has 5 heteroatoms. The molecule has 3 rings (SSSR count). The molecule has 2 saturated heterocycles. The summed E-state index contributed by atoms with van der Waals surface area (Å²) in [6, 6.07) is 7.46. The van der Waals surface area contributed by atoms with E-state index in [0.717, 1.165) is 17.7 Å². The van der Waals surface area contributed by atoms with Gasteiger partial charge in [0.1, 0.15) is 0 Å². The average Bonchev–Trinajstić information content (AvgIpc) is 2.72. The monoisotopic (exact) mass is 309 g/mol. The highest BCUT2D eigenvalue weighted by atomic mass is 35.5. The zero-order valence-corrected chi connectivity index (χ0v) is 12.8. The third-order valence-electron chi connectivity index (χ3n) is 4.55. The van der Waals surface area contributed by atoms with Crippen molar-refractivity contribution >= 4 is 35.2 Å². The van der Waals surface area contributed by atoms with Crippen LogP contribution in [0.4, 0.5) is 0 Å². The molecular formula is C15H16ClNO2S. The van der Waals surface area contributed by atoms with E-state index in [4.69, 9.17) is 11.6 Å². The van der Waals surface area contributed by atoms with E-state index in [1.54, 1.807) is 6.07 Å². The summed E-state index contributed by atoms with van der Waals surface area (Å²) in [6.07, 6.45) is 1.29. The van der Waals surface area contributed by atoms with Crippen LogP contribution in [0.5, 0.6) is 0 Å². The first kappa shape index (κ1) is 14.0. The number of benzene rings is 1. The number of piperidine rings is 1. The normalized spacial score (nSPS) is 33.5. The second kappa shape index (κ2) is 5.08. The van der Waals surface area contributed by atoms with Crippen molar-refractivity contribution in [3.63, 3.8) is 0 Å². The SMILES string of the molecule is CC1SCCC12CC(=O)NC(=O)C2c1ccccc1Cl. The molecular weight excluding hydrogens is 294 g/mol. The van der Waals surface area contributed by atoms with Gasteiger partial charge in [-0.2, -0.15) is 11.8 Å².